The van der Waals surface area contributed by atoms with E-state index in [1.165, 1.54) is 0 Å². The van der Waals surface area contributed by atoms with E-state index in [4.69, 9.17) is 9.79 Å². The van der Waals surface area contributed by atoms with Crippen molar-refractivity contribution in [2.24, 2.45) is 0 Å². The molecule has 0 aromatic heterocycles. The number of halogens is 1. The molecule has 0 heterocycles. The fourth-order valence-electron chi connectivity index (χ4n) is 0.782. The zero-order valence-corrected chi connectivity index (χ0v) is 11.0. The molecular weight excluding hydrogens is 261 g/mol. The van der Waals surface area contributed by atoms with Crippen LogP contribution in [0.2, 0.25) is 0 Å². The molecule has 1 unspecified atom stereocenters. The first kappa shape index (κ1) is 16.2. The molecule has 0 aliphatic heterocycles. The number of hydrogen-bond acceptors (Lipinski definition) is 4. The van der Waals surface area contributed by atoms with Gasteiger partial charge in [-0.15, -0.1) is 0 Å². The minimum Gasteiger partial charge on any atom is -0.322 e. The summed E-state index contributed by atoms with van der Waals surface area (Å²) in [4.78, 5) is 17.2. The molecule has 0 saturated carbocycles. The highest BCUT2D eigenvalue weighted by Gasteiger charge is 2.48. The quantitative estimate of drug-likeness (QED) is 0.662. The minimum atomic E-state index is -5.14. The van der Waals surface area contributed by atoms with Crippen molar-refractivity contribution in [1.29, 1.82) is 0 Å². The summed E-state index contributed by atoms with van der Waals surface area (Å²) >= 11 is 0. The first-order valence-electron chi connectivity index (χ1n) is 4.86. The molecule has 0 aliphatic rings. The van der Waals surface area contributed by atoms with E-state index in [9.17, 15) is 13.5 Å². The zero-order chi connectivity index (χ0) is 12.8. The molecule has 1 atom stereocenters. The summed E-state index contributed by atoms with van der Waals surface area (Å²) in [5.74, 6) is 0. The van der Waals surface area contributed by atoms with E-state index in [2.05, 4.69) is 9.05 Å². The summed E-state index contributed by atoms with van der Waals surface area (Å²) in [6.45, 7) is 3.21. The molecule has 0 rings (SSSR count). The van der Waals surface area contributed by atoms with Crippen LogP contribution in [-0.4, -0.2) is 28.7 Å². The maximum Gasteiger partial charge on any atom is 0.377 e. The van der Waals surface area contributed by atoms with Gasteiger partial charge in [0.15, 0.2) is 0 Å². The highest BCUT2D eigenvalue weighted by atomic mass is 31.2. The first-order valence-corrected chi connectivity index (χ1v) is 8.15. The maximum atomic E-state index is 13.3. The van der Waals surface area contributed by atoms with Crippen molar-refractivity contribution >= 4 is 15.2 Å². The average Bonchev–Trinajstić information content (AvgIpc) is 2.21. The lowest BCUT2D eigenvalue weighted by molar-refractivity contribution is 0.183. The molecule has 6 nitrogen and oxygen atoms in total. The van der Waals surface area contributed by atoms with Crippen LogP contribution in [0.25, 0.3) is 0 Å². The Morgan fingerprint density at radius 2 is 1.50 bits per heavy atom. The van der Waals surface area contributed by atoms with Gasteiger partial charge in [-0.3, -0.25) is 9.13 Å². The van der Waals surface area contributed by atoms with Crippen LogP contribution in [-0.2, 0) is 18.2 Å². The van der Waals surface area contributed by atoms with Crippen LogP contribution in [0.5, 0.6) is 0 Å². The summed E-state index contributed by atoms with van der Waals surface area (Å²) in [5, 5.41) is 0. The van der Waals surface area contributed by atoms with Crippen LogP contribution in [0.1, 0.15) is 26.7 Å². The molecule has 0 bridgehead atoms. The molecule has 2 N–H and O–H groups in total. The second-order valence-corrected chi connectivity index (χ2v) is 7.19. The molecule has 0 aromatic rings. The fraction of sp³-hybridized carbons (Fsp3) is 1.00. The molecule has 98 valence electrons. The van der Waals surface area contributed by atoms with Gasteiger partial charge in [-0.05, 0) is 12.8 Å². The molecule has 0 fully saturated rings. The Hall–Kier alpha value is 0.230. The molecule has 9 heteroatoms. The van der Waals surface area contributed by atoms with Gasteiger partial charge in [0.25, 0.3) is 5.65 Å². The van der Waals surface area contributed by atoms with E-state index in [1.807, 2.05) is 0 Å². The van der Waals surface area contributed by atoms with Gasteiger partial charge in [-0.25, -0.2) is 4.39 Å². The largest absolute Gasteiger partial charge is 0.377 e. The summed E-state index contributed by atoms with van der Waals surface area (Å²) in [5.41, 5.74) is -2.92. The number of rotatable bonds is 8. The third-order valence-corrected chi connectivity index (χ3v) is 5.40. The van der Waals surface area contributed by atoms with Crippen molar-refractivity contribution in [3.63, 3.8) is 0 Å². The van der Waals surface area contributed by atoms with Crippen LogP contribution in [0.15, 0.2) is 0 Å². The van der Waals surface area contributed by atoms with Crippen LogP contribution in [0.3, 0.4) is 0 Å². The SMILES string of the molecule is CCCOP(=O)(OCCC)C(F)P(=O)(O)O. The lowest BCUT2D eigenvalue weighted by atomic mass is 10.5. The van der Waals surface area contributed by atoms with Crippen LogP contribution in [0.4, 0.5) is 4.39 Å². The Labute approximate surface area is 93.8 Å². The van der Waals surface area contributed by atoms with Crippen molar-refractivity contribution < 1.29 is 32.4 Å². The summed E-state index contributed by atoms with van der Waals surface area (Å²) in [6, 6.07) is 0. The average molecular weight is 278 g/mol. The standard InChI is InChI=1S/C7H17FO6P2/c1-3-5-13-16(12,14-6-4-2)7(8)15(9,10)11/h7H,3-6H2,1-2H3,(H2,9,10,11). The Bertz CT molecular complexity index is 279. The highest BCUT2D eigenvalue weighted by Crippen LogP contribution is 2.66. The van der Waals surface area contributed by atoms with Gasteiger partial charge >= 0.3 is 15.2 Å². The molecule has 0 amide bonds. The number of hydrogen-bond donors (Lipinski definition) is 2. The van der Waals surface area contributed by atoms with E-state index in [0.717, 1.165) is 0 Å². The van der Waals surface area contributed by atoms with Crippen LogP contribution >= 0.6 is 15.2 Å². The maximum absolute atomic E-state index is 13.3. The van der Waals surface area contributed by atoms with Crippen LogP contribution < -0.4 is 0 Å². The normalized spacial score (nSPS) is 15.1. The van der Waals surface area contributed by atoms with Gasteiger partial charge in [0.05, 0.1) is 13.2 Å². The monoisotopic (exact) mass is 278 g/mol. The van der Waals surface area contributed by atoms with Crippen molar-refractivity contribution in [2.45, 2.75) is 32.3 Å². The second kappa shape index (κ2) is 6.84. The summed E-state index contributed by atoms with van der Waals surface area (Å²) in [7, 11) is -9.53. The van der Waals surface area contributed by atoms with Crippen molar-refractivity contribution in [2.75, 3.05) is 13.2 Å². The molecule has 0 spiro atoms. The van der Waals surface area contributed by atoms with Gasteiger partial charge in [0, 0.05) is 0 Å². The van der Waals surface area contributed by atoms with Gasteiger partial charge in [0.2, 0.25) is 0 Å². The van der Waals surface area contributed by atoms with Gasteiger partial charge in [0.1, 0.15) is 0 Å². The van der Waals surface area contributed by atoms with Crippen molar-refractivity contribution in [3.8, 4) is 0 Å². The second-order valence-electron chi connectivity index (χ2n) is 3.11. The Morgan fingerprint density at radius 3 is 1.75 bits per heavy atom. The summed E-state index contributed by atoms with van der Waals surface area (Å²) < 4.78 is 45.1. The predicted molar refractivity (Wildman–Crippen MR) is 57.0 cm³/mol. The van der Waals surface area contributed by atoms with E-state index < -0.39 is 20.8 Å². The molecule has 0 saturated heterocycles. The van der Waals surface area contributed by atoms with Gasteiger partial charge < -0.3 is 18.8 Å². The Morgan fingerprint density at radius 1 is 1.12 bits per heavy atom. The van der Waals surface area contributed by atoms with Crippen LogP contribution in [0, 0.1) is 0 Å². The molecule has 0 aromatic carbocycles. The van der Waals surface area contributed by atoms with Crippen molar-refractivity contribution in [1.82, 2.24) is 0 Å². The third-order valence-electron chi connectivity index (χ3n) is 1.49. The molecule has 0 aliphatic carbocycles. The van der Waals surface area contributed by atoms with Gasteiger partial charge in [-0.2, -0.15) is 0 Å². The van der Waals surface area contributed by atoms with E-state index in [1.54, 1.807) is 13.8 Å². The van der Waals surface area contributed by atoms with E-state index >= 15 is 0 Å². The van der Waals surface area contributed by atoms with E-state index in [-0.39, 0.29) is 13.2 Å². The van der Waals surface area contributed by atoms with Crippen molar-refractivity contribution in [3.05, 3.63) is 0 Å². The molecular formula is C7H17FO6P2. The Balaban J connectivity index is 4.77. The zero-order valence-electron chi connectivity index (χ0n) is 9.21. The number of alkyl halides is 1. The minimum absolute atomic E-state index is 0.0819. The molecule has 0 radical (unpaired) electrons. The van der Waals surface area contributed by atoms with Gasteiger partial charge in [-0.1, -0.05) is 13.8 Å². The lowest BCUT2D eigenvalue weighted by Crippen LogP contribution is -2.10. The molecule has 16 heavy (non-hydrogen) atoms. The summed E-state index contributed by atoms with van der Waals surface area (Å²) in [6.07, 6.45) is 0.876. The topological polar surface area (TPSA) is 93.1 Å². The lowest BCUT2D eigenvalue weighted by Gasteiger charge is -2.21. The smallest absolute Gasteiger partial charge is 0.322 e. The van der Waals surface area contributed by atoms with E-state index in [0.29, 0.717) is 12.8 Å². The fourth-order valence-corrected chi connectivity index (χ4v) is 3.85. The third kappa shape index (κ3) is 5.04. The highest BCUT2D eigenvalue weighted by molar-refractivity contribution is 7.71. The Kier molecular flexibility index (Phi) is 6.94. The predicted octanol–water partition coefficient (Wildman–Crippen LogP) is 2.46. The first-order chi connectivity index (χ1) is 7.28.